The summed E-state index contributed by atoms with van der Waals surface area (Å²) in [4.78, 5) is 6.93. The van der Waals surface area contributed by atoms with E-state index in [1.807, 2.05) is 0 Å². The zero-order valence-corrected chi connectivity index (χ0v) is 17.2. The van der Waals surface area contributed by atoms with Gasteiger partial charge in [-0.3, -0.25) is 0 Å². The molecule has 1 aromatic carbocycles. The minimum atomic E-state index is 0.606. The number of quaternary nitrogens is 1. The van der Waals surface area contributed by atoms with Crippen LogP contribution in [0.1, 0.15) is 43.9 Å². The lowest BCUT2D eigenvalue weighted by Gasteiger charge is -2.47. The molecule has 2 heterocycles. The molecule has 1 N–H and O–H groups in total. The molecule has 0 spiro atoms. The molecule has 0 amide bonds. The molecule has 2 aliphatic heterocycles. The first-order valence-corrected chi connectivity index (χ1v) is 10.1. The molecule has 1 aromatic rings. The molecule has 0 saturated carbocycles. The number of hydrogen-bond acceptors (Lipinski definition) is 2. The number of nitrogens with zero attached hydrogens (tertiary/aromatic N) is 2. The average molecular weight is 352 g/mol. The molecule has 0 radical (unpaired) electrons. The van der Waals surface area contributed by atoms with Gasteiger partial charge in [0.05, 0.1) is 19.4 Å². The van der Waals surface area contributed by atoms with E-state index in [1.54, 1.807) is 10.6 Å². The fraction of sp³-hybridized carbons (Fsp3) is 0.522. The van der Waals surface area contributed by atoms with Crippen LogP contribution in [0.5, 0.6) is 0 Å². The van der Waals surface area contributed by atoms with Crippen LogP contribution >= 0.6 is 0 Å². The van der Waals surface area contributed by atoms with Gasteiger partial charge in [0, 0.05) is 18.8 Å². The molecule has 3 aliphatic rings. The van der Waals surface area contributed by atoms with Crippen molar-refractivity contribution in [1.82, 2.24) is 4.90 Å². The van der Waals surface area contributed by atoms with Gasteiger partial charge >= 0.3 is 0 Å². The predicted molar refractivity (Wildman–Crippen MR) is 109 cm³/mol. The van der Waals surface area contributed by atoms with Crippen molar-refractivity contribution in [2.75, 3.05) is 31.1 Å². The van der Waals surface area contributed by atoms with Gasteiger partial charge in [-0.25, -0.2) is 0 Å². The minimum Gasteiger partial charge on any atom is -0.448 e. The van der Waals surface area contributed by atoms with Gasteiger partial charge in [-0.1, -0.05) is 36.3 Å². The van der Waals surface area contributed by atoms with Gasteiger partial charge in [0.25, 0.3) is 0 Å². The molecule has 4 rings (SSSR count). The number of benzene rings is 1. The Hall–Kier alpha value is -1.74. The monoisotopic (exact) mass is 351 g/mol. The van der Waals surface area contributed by atoms with E-state index in [9.17, 15) is 0 Å². The number of hydrogen-bond donors (Lipinski definition) is 1. The molecule has 3 nitrogen and oxygen atoms in total. The summed E-state index contributed by atoms with van der Waals surface area (Å²) in [7, 11) is 0. The van der Waals surface area contributed by atoms with Crippen molar-refractivity contribution >= 4 is 5.69 Å². The van der Waals surface area contributed by atoms with Crippen LogP contribution in [0.15, 0.2) is 35.1 Å². The highest BCUT2D eigenvalue weighted by atomic mass is 15.6. The van der Waals surface area contributed by atoms with E-state index in [0.29, 0.717) is 5.92 Å². The van der Waals surface area contributed by atoms with E-state index in [2.05, 4.69) is 69.6 Å². The van der Waals surface area contributed by atoms with Crippen LogP contribution in [0.3, 0.4) is 0 Å². The van der Waals surface area contributed by atoms with Gasteiger partial charge in [-0.15, -0.1) is 0 Å². The molecule has 2 fully saturated rings. The highest BCUT2D eigenvalue weighted by molar-refractivity contribution is 5.62. The van der Waals surface area contributed by atoms with Crippen molar-refractivity contribution < 1.29 is 4.90 Å². The van der Waals surface area contributed by atoms with Crippen LogP contribution in [0.25, 0.3) is 0 Å². The summed E-state index contributed by atoms with van der Waals surface area (Å²) >= 11 is 0. The predicted octanol–water partition coefficient (Wildman–Crippen LogP) is 3.34. The van der Waals surface area contributed by atoms with E-state index in [1.165, 1.54) is 59.3 Å². The molecular weight excluding hydrogens is 318 g/mol. The fourth-order valence-corrected chi connectivity index (χ4v) is 5.58. The topological polar surface area (TPSA) is 10.9 Å². The standard InChI is InChI=1S/C23H33N3/c1-15-11-17(3)21(18(4)12-15)25-9-7-24-8-10-26(23(24)25)22-19(5)13-16(2)14-20(22)6/h11-13,20,24H,7-10,14H2,1-6H3. The van der Waals surface area contributed by atoms with Gasteiger partial charge in [0.1, 0.15) is 0 Å². The van der Waals surface area contributed by atoms with E-state index in [-0.39, 0.29) is 0 Å². The third-order valence-corrected chi connectivity index (χ3v) is 6.26. The zero-order valence-electron chi connectivity index (χ0n) is 17.2. The summed E-state index contributed by atoms with van der Waals surface area (Å²) in [6.45, 7) is 18.4. The normalized spacial score (nSPS) is 26.6. The minimum absolute atomic E-state index is 0.606. The first-order chi connectivity index (χ1) is 12.4. The molecule has 26 heavy (non-hydrogen) atoms. The number of nitrogens with one attached hydrogen (secondary N) is 1. The largest absolute Gasteiger partial charge is 0.448 e. The molecule has 0 bridgehead atoms. The Labute approximate surface area is 159 Å². The Balaban J connectivity index is 1.74. The van der Waals surface area contributed by atoms with Crippen molar-refractivity contribution in [2.24, 2.45) is 5.92 Å². The molecule has 3 heteroatoms. The Kier molecular flexibility index (Phi) is 4.38. The summed E-state index contributed by atoms with van der Waals surface area (Å²) in [6.07, 6.45) is 5.08. The van der Waals surface area contributed by atoms with Gasteiger partial charge in [-0.05, 0) is 69.4 Å². The summed E-state index contributed by atoms with van der Waals surface area (Å²) in [5, 5.41) is 0. The second-order valence-electron chi connectivity index (χ2n) is 8.64. The van der Waals surface area contributed by atoms with Crippen LogP contribution in [0.2, 0.25) is 0 Å². The maximum Gasteiger partial charge on any atom is 0.0715 e. The van der Waals surface area contributed by atoms with Crippen LogP contribution in [-0.4, -0.2) is 31.1 Å². The van der Waals surface area contributed by atoms with E-state index in [4.69, 9.17) is 0 Å². The van der Waals surface area contributed by atoms with E-state index in [0.717, 1.165) is 13.1 Å². The van der Waals surface area contributed by atoms with Crippen LogP contribution < -0.4 is 9.80 Å². The third-order valence-electron chi connectivity index (χ3n) is 6.26. The van der Waals surface area contributed by atoms with Crippen LogP contribution in [0, 0.1) is 33.0 Å². The quantitative estimate of drug-likeness (QED) is 0.820. The Morgan fingerprint density at radius 3 is 2.19 bits per heavy atom. The molecular formula is C23H33N3. The lowest BCUT2D eigenvalue weighted by molar-refractivity contribution is -0.866. The lowest BCUT2D eigenvalue weighted by Crippen LogP contribution is -3.10. The second kappa shape index (κ2) is 6.45. The number of allylic oxidation sites excluding steroid dienone is 4. The SMILES string of the molecule is CC1=CC(C)=C(N2CC[NH+]3CCN(c4c(C)cc(C)cc4C)[C-]23)C(C)C1. The maximum atomic E-state index is 2.66. The highest BCUT2D eigenvalue weighted by Crippen LogP contribution is 2.38. The second-order valence-corrected chi connectivity index (χ2v) is 8.64. The fourth-order valence-electron chi connectivity index (χ4n) is 5.58. The summed E-state index contributed by atoms with van der Waals surface area (Å²) in [5.41, 5.74) is 10.1. The Morgan fingerprint density at radius 2 is 1.58 bits per heavy atom. The number of fused-ring (bicyclic) bond motifs is 1. The summed E-state index contributed by atoms with van der Waals surface area (Å²) in [6, 6.07) is 4.67. The van der Waals surface area contributed by atoms with Crippen LogP contribution in [-0.2, 0) is 0 Å². The molecule has 140 valence electrons. The Bertz CT molecular complexity index is 766. The van der Waals surface area contributed by atoms with Crippen molar-refractivity contribution in [2.45, 2.75) is 48.0 Å². The molecule has 0 aromatic heterocycles. The number of aryl methyl sites for hydroxylation is 3. The molecule has 2 unspecified atom stereocenters. The number of rotatable bonds is 2. The molecule has 2 atom stereocenters. The maximum absolute atomic E-state index is 2.66. The first-order valence-electron chi connectivity index (χ1n) is 10.1. The van der Waals surface area contributed by atoms with Crippen molar-refractivity contribution in [3.63, 3.8) is 0 Å². The number of anilines is 1. The molecule has 1 aliphatic carbocycles. The van der Waals surface area contributed by atoms with Crippen molar-refractivity contribution in [3.05, 3.63) is 58.0 Å². The first kappa shape index (κ1) is 17.7. The third kappa shape index (κ3) is 2.77. The van der Waals surface area contributed by atoms with Gasteiger partial charge < -0.3 is 14.7 Å². The average Bonchev–Trinajstić information content (AvgIpc) is 3.09. The van der Waals surface area contributed by atoms with Crippen molar-refractivity contribution in [3.8, 4) is 0 Å². The zero-order chi connectivity index (χ0) is 18.6. The van der Waals surface area contributed by atoms with Gasteiger partial charge in [0.15, 0.2) is 0 Å². The van der Waals surface area contributed by atoms with Crippen molar-refractivity contribution in [1.29, 1.82) is 0 Å². The van der Waals surface area contributed by atoms with Crippen LogP contribution in [0.4, 0.5) is 5.69 Å². The van der Waals surface area contributed by atoms with Gasteiger partial charge in [0.2, 0.25) is 0 Å². The van der Waals surface area contributed by atoms with Gasteiger partial charge in [-0.2, -0.15) is 0 Å². The summed E-state index contributed by atoms with van der Waals surface area (Å²) in [5.74, 6) is 0.606. The smallest absolute Gasteiger partial charge is 0.0715 e. The van der Waals surface area contributed by atoms with E-state index < -0.39 is 0 Å². The lowest BCUT2D eigenvalue weighted by atomic mass is 9.88. The highest BCUT2D eigenvalue weighted by Gasteiger charge is 2.38. The van der Waals surface area contributed by atoms with E-state index >= 15 is 0 Å². The Morgan fingerprint density at radius 1 is 0.962 bits per heavy atom. The summed E-state index contributed by atoms with van der Waals surface area (Å²) < 4.78 is 0. The molecule has 2 saturated heterocycles.